The lowest BCUT2D eigenvalue weighted by atomic mass is 9.83. The van der Waals surface area contributed by atoms with Crippen LogP contribution in [0.2, 0.25) is 0 Å². The van der Waals surface area contributed by atoms with E-state index in [1.165, 1.54) is 16.7 Å². The average Bonchev–Trinajstić information content (AvgIpc) is 2.06. The van der Waals surface area contributed by atoms with Crippen LogP contribution in [-0.2, 0) is 5.41 Å². The number of hydrogen-bond acceptors (Lipinski definition) is 1. The molecule has 0 heterocycles. The van der Waals surface area contributed by atoms with Crippen molar-refractivity contribution in [1.82, 2.24) is 0 Å². The minimum atomic E-state index is 0.155. The van der Waals surface area contributed by atoms with Gasteiger partial charge in [-0.05, 0) is 54.5 Å². The summed E-state index contributed by atoms with van der Waals surface area (Å²) in [6, 6.07) is 4.40. The third-order valence-corrected chi connectivity index (χ3v) is 2.94. The molecule has 0 unspecified atom stereocenters. The van der Waals surface area contributed by atoms with Crippen molar-refractivity contribution in [3.63, 3.8) is 0 Å². The van der Waals surface area contributed by atoms with Crippen LogP contribution in [0, 0.1) is 19.3 Å². The molecule has 0 atom stereocenters. The van der Waals surface area contributed by atoms with Crippen LogP contribution in [0.5, 0.6) is 0 Å². The third kappa shape index (κ3) is 2.47. The minimum absolute atomic E-state index is 0.155. The molecular weight excluding hydrogens is 182 g/mol. The maximum Gasteiger partial charge on any atom is 0.0358 e. The predicted molar refractivity (Wildman–Crippen MR) is 67.1 cm³/mol. The van der Waals surface area contributed by atoms with E-state index >= 15 is 0 Å². The van der Waals surface area contributed by atoms with Crippen molar-refractivity contribution < 1.29 is 0 Å². The molecule has 0 aromatic heterocycles. The molecule has 15 heavy (non-hydrogen) atoms. The van der Waals surface area contributed by atoms with Crippen LogP contribution in [0.15, 0.2) is 12.1 Å². The first kappa shape index (κ1) is 12.0. The van der Waals surface area contributed by atoms with Gasteiger partial charge < -0.3 is 5.41 Å². The Balaban J connectivity index is 3.43. The largest absolute Gasteiger partial charge is 0.305 e. The van der Waals surface area contributed by atoms with Crippen molar-refractivity contribution in [3.05, 3.63) is 34.4 Å². The monoisotopic (exact) mass is 203 g/mol. The highest BCUT2D eigenvalue weighted by atomic mass is 14.4. The molecule has 1 aromatic rings. The Labute approximate surface area is 93.0 Å². The smallest absolute Gasteiger partial charge is 0.0358 e. The normalized spacial score (nSPS) is 11.6. The van der Waals surface area contributed by atoms with Crippen LogP contribution in [0.1, 0.15) is 49.9 Å². The van der Waals surface area contributed by atoms with Gasteiger partial charge in [0.25, 0.3) is 0 Å². The maximum atomic E-state index is 7.77. The minimum Gasteiger partial charge on any atom is -0.305 e. The van der Waals surface area contributed by atoms with Gasteiger partial charge in [0.2, 0.25) is 0 Å². The Morgan fingerprint density at radius 2 is 1.67 bits per heavy atom. The fourth-order valence-electron chi connectivity index (χ4n) is 1.68. The molecule has 1 aromatic carbocycles. The van der Waals surface area contributed by atoms with Crippen molar-refractivity contribution in [3.8, 4) is 0 Å². The Hall–Kier alpha value is -1.11. The van der Waals surface area contributed by atoms with Crippen LogP contribution >= 0.6 is 0 Å². The van der Waals surface area contributed by atoms with Crippen LogP contribution in [-0.4, -0.2) is 5.71 Å². The van der Waals surface area contributed by atoms with E-state index in [0.717, 1.165) is 5.56 Å². The van der Waals surface area contributed by atoms with Gasteiger partial charge in [0.15, 0.2) is 0 Å². The van der Waals surface area contributed by atoms with Crippen molar-refractivity contribution in [2.24, 2.45) is 0 Å². The Bertz CT molecular complexity index is 395. The van der Waals surface area contributed by atoms with E-state index in [-0.39, 0.29) is 5.41 Å². The van der Waals surface area contributed by atoms with E-state index in [2.05, 4.69) is 46.8 Å². The maximum absolute atomic E-state index is 7.77. The van der Waals surface area contributed by atoms with Crippen LogP contribution in [0.25, 0.3) is 0 Å². The number of aryl methyl sites for hydroxylation is 1. The van der Waals surface area contributed by atoms with Gasteiger partial charge in [0, 0.05) is 5.71 Å². The Kier molecular flexibility index (Phi) is 3.03. The first-order chi connectivity index (χ1) is 6.73. The van der Waals surface area contributed by atoms with Gasteiger partial charge in [-0.2, -0.15) is 0 Å². The molecule has 0 aliphatic carbocycles. The second kappa shape index (κ2) is 3.80. The summed E-state index contributed by atoms with van der Waals surface area (Å²) in [4.78, 5) is 0. The molecule has 0 fully saturated rings. The van der Waals surface area contributed by atoms with Crippen LogP contribution in [0.4, 0.5) is 0 Å². The fourth-order valence-corrected chi connectivity index (χ4v) is 1.68. The zero-order chi connectivity index (χ0) is 11.8. The average molecular weight is 203 g/mol. The molecule has 0 aliphatic heterocycles. The second-order valence-corrected chi connectivity index (χ2v) is 5.34. The van der Waals surface area contributed by atoms with E-state index in [4.69, 9.17) is 5.41 Å². The summed E-state index contributed by atoms with van der Waals surface area (Å²) in [6.45, 7) is 12.7. The fraction of sp³-hybridized carbons (Fsp3) is 0.500. The highest BCUT2D eigenvalue weighted by Crippen LogP contribution is 2.26. The molecule has 0 saturated heterocycles. The topological polar surface area (TPSA) is 23.9 Å². The summed E-state index contributed by atoms with van der Waals surface area (Å²) >= 11 is 0. The Morgan fingerprint density at radius 3 is 2.07 bits per heavy atom. The van der Waals surface area contributed by atoms with Gasteiger partial charge in [-0.25, -0.2) is 0 Å². The highest BCUT2D eigenvalue weighted by molar-refractivity contribution is 5.98. The van der Waals surface area contributed by atoms with Gasteiger partial charge in [0.1, 0.15) is 0 Å². The van der Waals surface area contributed by atoms with Gasteiger partial charge >= 0.3 is 0 Å². The lowest BCUT2D eigenvalue weighted by Crippen LogP contribution is -2.13. The molecule has 0 aliphatic rings. The quantitative estimate of drug-likeness (QED) is 0.667. The second-order valence-electron chi connectivity index (χ2n) is 5.34. The third-order valence-electron chi connectivity index (χ3n) is 2.94. The summed E-state index contributed by atoms with van der Waals surface area (Å²) in [7, 11) is 0. The van der Waals surface area contributed by atoms with Gasteiger partial charge in [-0.1, -0.05) is 26.8 Å². The molecule has 0 bridgehead atoms. The lowest BCUT2D eigenvalue weighted by molar-refractivity contribution is 0.589. The van der Waals surface area contributed by atoms with Gasteiger partial charge in [0.05, 0.1) is 0 Å². The highest BCUT2D eigenvalue weighted by Gasteiger charge is 2.16. The van der Waals surface area contributed by atoms with E-state index in [1.807, 2.05) is 6.92 Å². The van der Waals surface area contributed by atoms with E-state index in [9.17, 15) is 0 Å². The van der Waals surface area contributed by atoms with E-state index in [0.29, 0.717) is 5.71 Å². The molecular formula is C14H21N. The van der Waals surface area contributed by atoms with Crippen molar-refractivity contribution >= 4 is 5.71 Å². The molecule has 1 nitrogen and oxygen atoms in total. The van der Waals surface area contributed by atoms with Gasteiger partial charge in [-0.15, -0.1) is 0 Å². The summed E-state index contributed by atoms with van der Waals surface area (Å²) in [5, 5.41) is 7.77. The van der Waals surface area contributed by atoms with Crippen molar-refractivity contribution in [2.75, 3.05) is 0 Å². The first-order valence-electron chi connectivity index (χ1n) is 5.40. The molecule has 1 heteroatoms. The molecule has 82 valence electrons. The van der Waals surface area contributed by atoms with Crippen molar-refractivity contribution in [1.29, 1.82) is 5.41 Å². The molecule has 0 amide bonds. The van der Waals surface area contributed by atoms with Gasteiger partial charge in [-0.3, -0.25) is 0 Å². The molecule has 1 N–H and O–H groups in total. The number of rotatable bonds is 1. The summed E-state index contributed by atoms with van der Waals surface area (Å²) in [5.74, 6) is 0. The molecule has 0 saturated carbocycles. The Morgan fingerprint density at radius 1 is 1.13 bits per heavy atom. The zero-order valence-corrected chi connectivity index (χ0v) is 10.7. The standard InChI is InChI=1S/C14H21N/c1-9-7-12(14(4,5)6)8-13(10(9)2)11(3)15/h7-8,15H,1-6H3. The number of hydrogen-bond donors (Lipinski definition) is 1. The summed E-state index contributed by atoms with van der Waals surface area (Å²) < 4.78 is 0. The lowest BCUT2D eigenvalue weighted by Gasteiger charge is -2.22. The summed E-state index contributed by atoms with van der Waals surface area (Å²) in [6.07, 6.45) is 0. The molecule has 0 radical (unpaired) electrons. The molecule has 0 spiro atoms. The first-order valence-corrected chi connectivity index (χ1v) is 5.40. The molecule has 1 rings (SSSR count). The number of benzene rings is 1. The zero-order valence-electron chi connectivity index (χ0n) is 10.7. The number of nitrogens with one attached hydrogen (secondary N) is 1. The summed E-state index contributed by atoms with van der Waals surface area (Å²) in [5.41, 5.74) is 5.72. The van der Waals surface area contributed by atoms with Crippen molar-refractivity contribution in [2.45, 2.75) is 47.0 Å². The SMILES string of the molecule is CC(=N)c1cc(C(C)(C)C)cc(C)c1C. The van der Waals surface area contributed by atoms with Crippen LogP contribution in [0.3, 0.4) is 0 Å². The van der Waals surface area contributed by atoms with E-state index in [1.54, 1.807) is 0 Å². The van der Waals surface area contributed by atoms with E-state index < -0.39 is 0 Å². The predicted octanol–water partition coefficient (Wildman–Crippen LogP) is 3.99. The van der Waals surface area contributed by atoms with Crippen LogP contribution < -0.4 is 0 Å².